The molecule has 0 saturated heterocycles. The van der Waals surface area contributed by atoms with Crippen molar-refractivity contribution in [3.63, 3.8) is 0 Å². The molecule has 2 aromatic rings. The Labute approximate surface area is 87.6 Å². The molecule has 1 aromatic heterocycles. The average molecular weight is 202 g/mol. The monoisotopic (exact) mass is 202 g/mol. The molecular weight excluding hydrogens is 191 g/mol. The minimum atomic E-state index is -0.328. The number of benzene rings is 1. The van der Waals surface area contributed by atoms with Gasteiger partial charge in [-0.25, -0.2) is 4.39 Å². The summed E-state index contributed by atoms with van der Waals surface area (Å²) in [6.07, 6.45) is 2.78. The normalized spacial score (nSPS) is 10.3. The minimum absolute atomic E-state index is 0.328. The molecule has 0 radical (unpaired) electrons. The Morgan fingerprint density at radius 1 is 1.20 bits per heavy atom. The molecule has 2 rings (SSSR count). The van der Waals surface area contributed by atoms with Gasteiger partial charge in [-0.2, -0.15) is 0 Å². The van der Waals surface area contributed by atoms with Crippen LogP contribution < -0.4 is 5.73 Å². The van der Waals surface area contributed by atoms with Crippen molar-refractivity contribution in [1.82, 2.24) is 4.98 Å². The van der Waals surface area contributed by atoms with Crippen LogP contribution in [0.2, 0.25) is 0 Å². The topological polar surface area (TPSA) is 38.9 Å². The van der Waals surface area contributed by atoms with Crippen LogP contribution in [0.5, 0.6) is 0 Å². The quantitative estimate of drug-likeness (QED) is 0.722. The Hall–Kier alpha value is -1.90. The van der Waals surface area contributed by atoms with Gasteiger partial charge in [-0.1, -0.05) is 12.1 Å². The molecule has 0 aliphatic rings. The lowest BCUT2D eigenvalue weighted by atomic mass is 10.00. The summed E-state index contributed by atoms with van der Waals surface area (Å²) >= 11 is 0. The predicted octanol–water partition coefficient (Wildman–Crippen LogP) is 2.78. The second kappa shape index (κ2) is 3.69. The molecule has 1 aromatic carbocycles. The molecule has 2 nitrogen and oxygen atoms in total. The molecule has 0 unspecified atom stereocenters. The van der Waals surface area contributed by atoms with Gasteiger partial charge in [0.1, 0.15) is 5.82 Å². The number of nitrogen functional groups attached to an aromatic ring is 1. The van der Waals surface area contributed by atoms with Crippen LogP contribution in [0.1, 0.15) is 5.56 Å². The van der Waals surface area contributed by atoms with Gasteiger partial charge in [0.2, 0.25) is 0 Å². The van der Waals surface area contributed by atoms with Gasteiger partial charge >= 0.3 is 0 Å². The van der Waals surface area contributed by atoms with Gasteiger partial charge in [0.25, 0.3) is 0 Å². The largest absolute Gasteiger partial charge is 0.398 e. The maximum absolute atomic E-state index is 13.5. The highest BCUT2D eigenvalue weighted by atomic mass is 19.1. The van der Waals surface area contributed by atoms with Crippen LogP contribution in [0.25, 0.3) is 11.1 Å². The van der Waals surface area contributed by atoms with E-state index in [-0.39, 0.29) is 5.82 Å². The number of nitrogens with two attached hydrogens (primary N) is 1. The third-order valence-electron chi connectivity index (χ3n) is 2.44. The fraction of sp³-hybridized carbons (Fsp3) is 0.0833. The molecule has 0 bridgehead atoms. The number of nitrogens with zero attached hydrogens (tertiary/aromatic N) is 1. The van der Waals surface area contributed by atoms with E-state index in [1.165, 1.54) is 6.20 Å². The van der Waals surface area contributed by atoms with Crippen LogP contribution in [-0.4, -0.2) is 4.98 Å². The molecule has 0 spiro atoms. The first kappa shape index (κ1) is 9.65. The Kier molecular flexibility index (Phi) is 2.37. The van der Waals surface area contributed by atoms with Gasteiger partial charge in [-0.3, -0.25) is 4.98 Å². The molecule has 3 heteroatoms. The lowest BCUT2D eigenvalue weighted by Crippen LogP contribution is -1.93. The van der Waals surface area contributed by atoms with Crippen molar-refractivity contribution in [3.8, 4) is 11.1 Å². The summed E-state index contributed by atoms with van der Waals surface area (Å²) in [6, 6.07) is 7.12. The third-order valence-corrected chi connectivity index (χ3v) is 2.44. The van der Waals surface area contributed by atoms with E-state index < -0.39 is 0 Å². The van der Waals surface area contributed by atoms with Gasteiger partial charge < -0.3 is 5.73 Å². The number of halogens is 1. The molecule has 0 atom stereocenters. The van der Waals surface area contributed by atoms with Crippen molar-refractivity contribution >= 4 is 5.69 Å². The van der Waals surface area contributed by atoms with Crippen LogP contribution in [0, 0.1) is 12.7 Å². The van der Waals surface area contributed by atoms with E-state index in [9.17, 15) is 4.39 Å². The smallest absolute Gasteiger partial charge is 0.149 e. The number of rotatable bonds is 1. The van der Waals surface area contributed by atoms with E-state index >= 15 is 0 Å². The summed E-state index contributed by atoms with van der Waals surface area (Å²) in [6.45, 7) is 1.88. The van der Waals surface area contributed by atoms with E-state index in [1.807, 2.05) is 19.1 Å². The van der Waals surface area contributed by atoms with Gasteiger partial charge in [-0.15, -0.1) is 0 Å². The van der Waals surface area contributed by atoms with E-state index in [2.05, 4.69) is 4.98 Å². The highest BCUT2D eigenvalue weighted by Crippen LogP contribution is 2.28. The number of anilines is 1. The van der Waals surface area contributed by atoms with Crippen LogP contribution in [-0.2, 0) is 0 Å². The molecule has 0 amide bonds. The fourth-order valence-corrected chi connectivity index (χ4v) is 1.54. The van der Waals surface area contributed by atoms with Crippen molar-refractivity contribution in [2.24, 2.45) is 0 Å². The van der Waals surface area contributed by atoms with Crippen LogP contribution in [0.4, 0.5) is 10.1 Å². The summed E-state index contributed by atoms with van der Waals surface area (Å²) in [5, 5.41) is 0. The highest BCUT2D eigenvalue weighted by molar-refractivity contribution is 5.72. The maximum atomic E-state index is 13.5. The van der Waals surface area contributed by atoms with Crippen molar-refractivity contribution in [3.05, 3.63) is 48.0 Å². The van der Waals surface area contributed by atoms with Gasteiger partial charge in [0.15, 0.2) is 0 Å². The van der Waals surface area contributed by atoms with Crippen LogP contribution >= 0.6 is 0 Å². The van der Waals surface area contributed by atoms with Crippen molar-refractivity contribution < 1.29 is 4.39 Å². The molecule has 76 valence electrons. The summed E-state index contributed by atoms with van der Waals surface area (Å²) in [7, 11) is 0. The Bertz CT molecular complexity index is 495. The standard InChI is InChI=1S/C12H11FN2/c1-8-9(3-2-4-12(8)14)10-5-6-15-7-11(10)13/h2-7H,14H2,1H3. The number of aromatic nitrogens is 1. The summed E-state index contributed by atoms with van der Waals surface area (Å²) in [5.74, 6) is -0.328. The zero-order valence-corrected chi connectivity index (χ0v) is 8.37. The maximum Gasteiger partial charge on any atom is 0.149 e. The summed E-state index contributed by atoms with van der Waals surface area (Å²) < 4.78 is 13.5. The first-order chi connectivity index (χ1) is 7.20. The fourth-order valence-electron chi connectivity index (χ4n) is 1.54. The second-order valence-corrected chi connectivity index (χ2v) is 3.38. The Morgan fingerprint density at radius 2 is 2.00 bits per heavy atom. The molecule has 15 heavy (non-hydrogen) atoms. The molecule has 0 aliphatic carbocycles. The predicted molar refractivity (Wildman–Crippen MR) is 58.8 cm³/mol. The van der Waals surface area contributed by atoms with Gasteiger partial charge in [0.05, 0.1) is 6.20 Å². The third kappa shape index (κ3) is 1.68. The highest BCUT2D eigenvalue weighted by Gasteiger charge is 2.08. The number of hydrogen-bond donors (Lipinski definition) is 1. The molecule has 1 heterocycles. The van der Waals surface area contributed by atoms with Crippen molar-refractivity contribution in [1.29, 1.82) is 0 Å². The van der Waals surface area contributed by atoms with Crippen LogP contribution in [0.15, 0.2) is 36.7 Å². The van der Waals surface area contributed by atoms with E-state index in [0.29, 0.717) is 11.3 Å². The molecule has 0 saturated carbocycles. The SMILES string of the molecule is Cc1c(N)cccc1-c1ccncc1F. The zero-order valence-electron chi connectivity index (χ0n) is 8.37. The zero-order chi connectivity index (χ0) is 10.8. The van der Waals surface area contributed by atoms with E-state index in [4.69, 9.17) is 5.73 Å². The number of hydrogen-bond acceptors (Lipinski definition) is 2. The molecular formula is C12H11FN2. The van der Waals surface area contributed by atoms with Gasteiger partial charge in [0, 0.05) is 17.4 Å². The first-order valence-corrected chi connectivity index (χ1v) is 4.65. The number of pyridine rings is 1. The second-order valence-electron chi connectivity index (χ2n) is 3.38. The molecule has 2 N–H and O–H groups in total. The van der Waals surface area contributed by atoms with Crippen molar-refractivity contribution in [2.45, 2.75) is 6.92 Å². The Morgan fingerprint density at radius 3 is 2.73 bits per heavy atom. The van der Waals surface area contributed by atoms with E-state index in [0.717, 1.165) is 11.1 Å². The van der Waals surface area contributed by atoms with E-state index in [1.54, 1.807) is 18.3 Å². The van der Waals surface area contributed by atoms with Crippen LogP contribution in [0.3, 0.4) is 0 Å². The lowest BCUT2D eigenvalue weighted by molar-refractivity contribution is 0.625. The molecule has 0 fully saturated rings. The Balaban J connectivity index is 2.65. The average Bonchev–Trinajstić information content (AvgIpc) is 2.23. The molecule has 0 aliphatic heterocycles. The minimum Gasteiger partial charge on any atom is -0.398 e. The summed E-state index contributed by atoms with van der Waals surface area (Å²) in [5.41, 5.74) is 8.68. The summed E-state index contributed by atoms with van der Waals surface area (Å²) in [4.78, 5) is 3.72. The lowest BCUT2D eigenvalue weighted by Gasteiger charge is -2.08. The first-order valence-electron chi connectivity index (χ1n) is 4.65. The van der Waals surface area contributed by atoms with Crippen molar-refractivity contribution in [2.75, 3.05) is 5.73 Å². The van der Waals surface area contributed by atoms with Gasteiger partial charge in [-0.05, 0) is 30.2 Å².